The smallest absolute Gasteiger partial charge is 0.0181 e. The molecule has 0 N–H and O–H groups in total. The normalized spacial score (nSPS) is 12.9. The lowest BCUT2D eigenvalue weighted by molar-refractivity contribution is 0.523. The molecule has 84 valence electrons. The summed E-state index contributed by atoms with van der Waals surface area (Å²) < 4.78 is 0. The fourth-order valence-electron chi connectivity index (χ4n) is 2.36. The van der Waals surface area contributed by atoms with Crippen LogP contribution in [0.5, 0.6) is 0 Å². The minimum Gasteiger partial charge on any atom is -0.0654 e. The predicted octanol–water partition coefficient (Wildman–Crippen LogP) is 4.82. The Hall–Kier alpha value is -1.30. The van der Waals surface area contributed by atoms with Crippen molar-refractivity contribution in [3.05, 3.63) is 48.0 Å². The molecule has 0 aliphatic rings. The SMILES string of the molecule is CCCC(C)Cc1ccc2ccccc2c1. The summed E-state index contributed by atoms with van der Waals surface area (Å²) in [4.78, 5) is 0. The van der Waals surface area contributed by atoms with Crippen LogP contribution >= 0.6 is 0 Å². The largest absolute Gasteiger partial charge is 0.0654 e. The van der Waals surface area contributed by atoms with Crippen molar-refractivity contribution in [2.75, 3.05) is 0 Å². The highest BCUT2D eigenvalue weighted by Gasteiger charge is 2.03. The van der Waals surface area contributed by atoms with Crippen LogP contribution in [0.25, 0.3) is 10.8 Å². The van der Waals surface area contributed by atoms with Crippen molar-refractivity contribution in [3.63, 3.8) is 0 Å². The van der Waals surface area contributed by atoms with E-state index in [4.69, 9.17) is 0 Å². The maximum absolute atomic E-state index is 2.35. The minimum atomic E-state index is 0.797. The molecule has 2 aromatic carbocycles. The van der Waals surface area contributed by atoms with Crippen LogP contribution in [0, 0.1) is 5.92 Å². The zero-order valence-electron chi connectivity index (χ0n) is 10.2. The van der Waals surface area contributed by atoms with Gasteiger partial charge in [0.05, 0.1) is 0 Å². The molecule has 0 aromatic heterocycles. The van der Waals surface area contributed by atoms with Gasteiger partial charge in [-0.15, -0.1) is 0 Å². The summed E-state index contributed by atoms with van der Waals surface area (Å²) in [7, 11) is 0. The van der Waals surface area contributed by atoms with E-state index in [1.807, 2.05) is 0 Å². The summed E-state index contributed by atoms with van der Waals surface area (Å²) >= 11 is 0. The molecule has 0 spiro atoms. The van der Waals surface area contributed by atoms with Crippen LogP contribution in [0.15, 0.2) is 42.5 Å². The second-order valence-corrected chi connectivity index (χ2v) is 4.78. The first-order chi connectivity index (χ1) is 7.79. The van der Waals surface area contributed by atoms with Gasteiger partial charge in [-0.1, -0.05) is 69.2 Å². The first-order valence-corrected chi connectivity index (χ1v) is 6.27. The van der Waals surface area contributed by atoms with Gasteiger partial charge < -0.3 is 0 Å². The molecule has 0 aliphatic carbocycles. The van der Waals surface area contributed by atoms with Gasteiger partial charge in [0, 0.05) is 0 Å². The zero-order chi connectivity index (χ0) is 11.4. The second kappa shape index (κ2) is 5.16. The molecule has 0 bridgehead atoms. The molecule has 2 aromatic rings. The first-order valence-electron chi connectivity index (χ1n) is 6.27. The van der Waals surface area contributed by atoms with Crippen molar-refractivity contribution in [1.29, 1.82) is 0 Å². The van der Waals surface area contributed by atoms with Gasteiger partial charge in [-0.25, -0.2) is 0 Å². The molecular formula is C16H20. The molecule has 0 amide bonds. The predicted molar refractivity (Wildman–Crippen MR) is 71.7 cm³/mol. The summed E-state index contributed by atoms with van der Waals surface area (Å²) in [5, 5.41) is 2.71. The Morgan fingerprint density at radius 3 is 2.50 bits per heavy atom. The molecule has 0 heterocycles. The van der Waals surface area contributed by atoms with Gasteiger partial charge in [-0.2, -0.15) is 0 Å². The molecule has 2 rings (SSSR count). The van der Waals surface area contributed by atoms with E-state index < -0.39 is 0 Å². The molecule has 0 nitrogen and oxygen atoms in total. The van der Waals surface area contributed by atoms with Crippen LogP contribution in [0.1, 0.15) is 32.3 Å². The molecule has 0 radical (unpaired) electrons. The van der Waals surface area contributed by atoms with Crippen LogP contribution in [-0.2, 0) is 6.42 Å². The maximum Gasteiger partial charge on any atom is -0.0181 e. The Morgan fingerprint density at radius 1 is 1.00 bits per heavy atom. The molecular weight excluding hydrogens is 192 g/mol. The van der Waals surface area contributed by atoms with Crippen molar-refractivity contribution in [2.24, 2.45) is 5.92 Å². The third kappa shape index (κ3) is 2.63. The lowest BCUT2D eigenvalue weighted by Crippen LogP contribution is -1.98. The van der Waals surface area contributed by atoms with E-state index in [0.717, 1.165) is 5.92 Å². The summed E-state index contributed by atoms with van der Waals surface area (Å²) in [5.41, 5.74) is 1.47. The van der Waals surface area contributed by atoms with Gasteiger partial charge in [0.15, 0.2) is 0 Å². The average Bonchev–Trinajstić information content (AvgIpc) is 2.29. The minimum absolute atomic E-state index is 0.797. The molecule has 0 saturated heterocycles. The summed E-state index contributed by atoms with van der Waals surface area (Å²) in [6, 6.07) is 15.4. The number of hydrogen-bond acceptors (Lipinski definition) is 0. The topological polar surface area (TPSA) is 0 Å². The van der Waals surface area contributed by atoms with Crippen molar-refractivity contribution < 1.29 is 0 Å². The van der Waals surface area contributed by atoms with Crippen molar-refractivity contribution >= 4 is 10.8 Å². The quantitative estimate of drug-likeness (QED) is 0.681. The lowest BCUT2D eigenvalue weighted by atomic mass is 9.95. The maximum atomic E-state index is 2.35. The van der Waals surface area contributed by atoms with E-state index in [2.05, 4.69) is 56.3 Å². The number of hydrogen-bond donors (Lipinski definition) is 0. The fraction of sp³-hybridized carbons (Fsp3) is 0.375. The van der Waals surface area contributed by atoms with Crippen molar-refractivity contribution in [2.45, 2.75) is 33.1 Å². The van der Waals surface area contributed by atoms with Gasteiger partial charge in [-0.05, 0) is 28.7 Å². The average molecular weight is 212 g/mol. The first kappa shape index (κ1) is 11.2. The highest BCUT2D eigenvalue weighted by atomic mass is 14.1. The summed E-state index contributed by atoms with van der Waals surface area (Å²) in [6.07, 6.45) is 3.82. The van der Waals surface area contributed by atoms with Crippen molar-refractivity contribution in [3.8, 4) is 0 Å². The highest BCUT2D eigenvalue weighted by molar-refractivity contribution is 5.82. The molecule has 0 heteroatoms. The number of rotatable bonds is 4. The van der Waals surface area contributed by atoms with Gasteiger partial charge in [0.25, 0.3) is 0 Å². The van der Waals surface area contributed by atoms with Crippen LogP contribution in [0.3, 0.4) is 0 Å². The summed E-state index contributed by atoms with van der Waals surface area (Å²) in [6.45, 7) is 4.61. The standard InChI is InChI=1S/C16H20/c1-3-6-13(2)11-14-9-10-15-7-4-5-8-16(15)12-14/h4-5,7-10,12-13H,3,6,11H2,1-2H3. The Kier molecular flexibility index (Phi) is 3.61. The van der Waals surface area contributed by atoms with Gasteiger partial charge in [0.1, 0.15) is 0 Å². The van der Waals surface area contributed by atoms with E-state index in [9.17, 15) is 0 Å². The molecule has 0 fully saturated rings. The van der Waals surface area contributed by atoms with Crippen LogP contribution in [-0.4, -0.2) is 0 Å². The monoisotopic (exact) mass is 212 g/mol. The van der Waals surface area contributed by atoms with Gasteiger partial charge in [0.2, 0.25) is 0 Å². The van der Waals surface area contributed by atoms with Crippen LogP contribution in [0.2, 0.25) is 0 Å². The molecule has 1 unspecified atom stereocenters. The van der Waals surface area contributed by atoms with E-state index in [1.54, 1.807) is 0 Å². The molecule has 1 atom stereocenters. The summed E-state index contributed by atoms with van der Waals surface area (Å²) in [5.74, 6) is 0.797. The van der Waals surface area contributed by atoms with Gasteiger partial charge in [-0.3, -0.25) is 0 Å². The van der Waals surface area contributed by atoms with Crippen molar-refractivity contribution in [1.82, 2.24) is 0 Å². The zero-order valence-corrected chi connectivity index (χ0v) is 10.2. The third-order valence-corrected chi connectivity index (χ3v) is 3.18. The third-order valence-electron chi connectivity index (χ3n) is 3.18. The Bertz CT molecular complexity index is 456. The van der Waals surface area contributed by atoms with Gasteiger partial charge >= 0.3 is 0 Å². The van der Waals surface area contributed by atoms with E-state index in [1.165, 1.54) is 35.6 Å². The van der Waals surface area contributed by atoms with Crippen LogP contribution < -0.4 is 0 Å². The molecule has 16 heavy (non-hydrogen) atoms. The van der Waals surface area contributed by atoms with E-state index >= 15 is 0 Å². The highest BCUT2D eigenvalue weighted by Crippen LogP contribution is 2.19. The Morgan fingerprint density at radius 2 is 1.75 bits per heavy atom. The molecule has 0 saturated carbocycles. The number of fused-ring (bicyclic) bond motifs is 1. The number of benzene rings is 2. The second-order valence-electron chi connectivity index (χ2n) is 4.78. The Balaban J connectivity index is 2.19. The fourth-order valence-corrected chi connectivity index (χ4v) is 2.36. The van der Waals surface area contributed by atoms with E-state index in [0.29, 0.717) is 0 Å². The van der Waals surface area contributed by atoms with Crippen LogP contribution in [0.4, 0.5) is 0 Å². The lowest BCUT2D eigenvalue weighted by Gasteiger charge is -2.10. The Labute approximate surface area is 98.3 Å². The molecule has 0 aliphatic heterocycles. The van der Waals surface area contributed by atoms with E-state index in [-0.39, 0.29) is 0 Å².